The van der Waals surface area contributed by atoms with E-state index in [-0.39, 0.29) is 0 Å². The zero-order chi connectivity index (χ0) is 13.2. The van der Waals surface area contributed by atoms with E-state index in [1.165, 1.54) is 45.2 Å². The molecule has 1 saturated carbocycles. The zero-order valence-corrected chi connectivity index (χ0v) is 15.1. The highest BCUT2D eigenvalue weighted by Crippen LogP contribution is 2.50. The minimum atomic E-state index is 0.429. The fourth-order valence-corrected chi connectivity index (χ4v) is 5.30. The van der Waals surface area contributed by atoms with E-state index >= 15 is 0 Å². The molecule has 1 unspecified atom stereocenters. The summed E-state index contributed by atoms with van der Waals surface area (Å²) in [5, 5.41) is 3.78. The summed E-state index contributed by atoms with van der Waals surface area (Å²) in [6.07, 6.45) is 6.66. The van der Waals surface area contributed by atoms with Crippen LogP contribution in [0.4, 0.5) is 0 Å². The van der Waals surface area contributed by atoms with Crippen LogP contribution >= 0.6 is 43.2 Å². The van der Waals surface area contributed by atoms with Crippen molar-refractivity contribution < 1.29 is 0 Å². The molecule has 2 rings (SSSR count). The molecule has 1 heterocycles. The quantitative estimate of drug-likeness (QED) is 0.655. The second-order valence-corrected chi connectivity index (χ2v) is 8.77. The molecule has 1 N–H and O–H groups in total. The summed E-state index contributed by atoms with van der Waals surface area (Å²) in [5.41, 5.74) is 0.429. The maximum atomic E-state index is 3.78. The number of halogens is 2. The summed E-state index contributed by atoms with van der Waals surface area (Å²) in [6.45, 7) is 5.80. The Morgan fingerprint density at radius 1 is 1.39 bits per heavy atom. The van der Waals surface area contributed by atoms with Gasteiger partial charge in [0.1, 0.15) is 0 Å². The third kappa shape index (κ3) is 3.20. The maximum absolute atomic E-state index is 3.78. The van der Waals surface area contributed by atoms with Gasteiger partial charge in [-0.15, -0.1) is 11.3 Å². The molecule has 102 valence electrons. The highest BCUT2D eigenvalue weighted by atomic mass is 79.9. The van der Waals surface area contributed by atoms with Gasteiger partial charge in [-0.05, 0) is 69.1 Å². The summed E-state index contributed by atoms with van der Waals surface area (Å²) in [6, 6.07) is 2.79. The van der Waals surface area contributed by atoms with E-state index in [0.29, 0.717) is 11.5 Å². The molecule has 0 spiro atoms. The van der Waals surface area contributed by atoms with Gasteiger partial charge in [0, 0.05) is 15.4 Å². The average molecular weight is 395 g/mol. The number of nitrogens with one attached hydrogen (secondary N) is 1. The van der Waals surface area contributed by atoms with Crippen LogP contribution in [0.25, 0.3) is 0 Å². The molecule has 0 radical (unpaired) electrons. The molecular weight excluding hydrogens is 374 g/mol. The fraction of sp³-hybridized carbons (Fsp3) is 0.714. The highest BCUT2D eigenvalue weighted by Gasteiger charge is 2.38. The van der Waals surface area contributed by atoms with Gasteiger partial charge in [-0.2, -0.15) is 0 Å². The largest absolute Gasteiger partial charge is 0.309 e. The molecular formula is C14H21Br2NS. The zero-order valence-electron chi connectivity index (χ0n) is 11.1. The molecule has 0 bridgehead atoms. The van der Waals surface area contributed by atoms with E-state index in [0.717, 1.165) is 6.54 Å². The van der Waals surface area contributed by atoms with Crippen LogP contribution in [0.5, 0.6) is 0 Å². The second kappa shape index (κ2) is 6.38. The van der Waals surface area contributed by atoms with E-state index in [1.807, 2.05) is 11.3 Å². The lowest BCUT2D eigenvalue weighted by Gasteiger charge is -2.34. The van der Waals surface area contributed by atoms with Crippen LogP contribution in [0, 0.1) is 5.41 Å². The van der Waals surface area contributed by atoms with Crippen molar-refractivity contribution in [3.63, 3.8) is 0 Å². The van der Waals surface area contributed by atoms with Gasteiger partial charge in [-0.1, -0.05) is 26.7 Å². The van der Waals surface area contributed by atoms with Crippen LogP contribution in [-0.2, 0) is 0 Å². The first-order valence-electron chi connectivity index (χ1n) is 6.75. The molecule has 0 aliphatic heterocycles. The summed E-state index contributed by atoms with van der Waals surface area (Å²) in [5.74, 6) is 0. The first-order chi connectivity index (χ1) is 8.57. The lowest BCUT2D eigenvalue weighted by atomic mass is 9.80. The van der Waals surface area contributed by atoms with E-state index in [4.69, 9.17) is 0 Å². The van der Waals surface area contributed by atoms with Crippen LogP contribution in [-0.4, -0.2) is 6.54 Å². The Kier molecular flexibility index (Phi) is 5.32. The molecule has 1 aliphatic carbocycles. The Balaban J connectivity index is 2.24. The monoisotopic (exact) mass is 393 g/mol. The molecule has 1 atom stereocenters. The minimum absolute atomic E-state index is 0.429. The Morgan fingerprint density at radius 2 is 2.06 bits per heavy atom. The van der Waals surface area contributed by atoms with Gasteiger partial charge in [0.15, 0.2) is 0 Å². The summed E-state index contributed by atoms with van der Waals surface area (Å²) >= 11 is 9.10. The van der Waals surface area contributed by atoms with Crippen LogP contribution in [0.1, 0.15) is 56.9 Å². The van der Waals surface area contributed by atoms with E-state index < -0.39 is 0 Å². The Bertz CT molecular complexity index is 377. The molecule has 0 aromatic carbocycles. The van der Waals surface area contributed by atoms with Crippen LogP contribution < -0.4 is 5.32 Å². The molecule has 1 aromatic heterocycles. The predicted octanol–water partition coefficient (Wildman–Crippen LogP) is 5.89. The number of thiophene rings is 1. The van der Waals surface area contributed by atoms with Crippen LogP contribution in [0.3, 0.4) is 0 Å². The topological polar surface area (TPSA) is 12.0 Å². The first kappa shape index (κ1) is 15.0. The normalized spacial score (nSPS) is 20.2. The van der Waals surface area contributed by atoms with Crippen molar-refractivity contribution in [2.24, 2.45) is 5.41 Å². The summed E-state index contributed by atoms with van der Waals surface area (Å²) in [4.78, 5) is 1.46. The fourth-order valence-electron chi connectivity index (χ4n) is 2.96. The number of rotatable bonds is 5. The van der Waals surface area contributed by atoms with Gasteiger partial charge in [0.25, 0.3) is 0 Å². The molecule has 0 amide bonds. The van der Waals surface area contributed by atoms with Gasteiger partial charge in [-0.25, -0.2) is 0 Å². The van der Waals surface area contributed by atoms with Crippen molar-refractivity contribution >= 4 is 43.2 Å². The molecule has 1 aromatic rings. The first-order valence-corrected chi connectivity index (χ1v) is 9.15. The Morgan fingerprint density at radius 3 is 2.56 bits per heavy atom. The van der Waals surface area contributed by atoms with Gasteiger partial charge in [0.05, 0.1) is 3.79 Å². The van der Waals surface area contributed by atoms with Crippen molar-refractivity contribution in [2.75, 3.05) is 6.54 Å². The third-order valence-corrected chi connectivity index (χ3v) is 7.31. The Labute approximate surface area is 131 Å². The van der Waals surface area contributed by atoms with Gasteiger partial charge >= 0.3 is 0 Å². The molecule has 1 nitrogen and oxygen atoms in total. The van der Waals surface area contributed by atoms with Crippen molar-refractivity contribution in [1.82, 2.24) is 5.32 Å². The van der Waals surface area contributed by atoms with E-state index in [2.05, 4.69) is 57.1 Å². The molecule has 1 aliphatic rings. The van der Waals surface area contributed by atoms with Crippen molar-refractivity contribution in [3.8, 4) is 0 Å². The van der Waals surface area contributed by atoms with E-state index in [1.54, 1.807) is 0 Å². The standard InChI is InChI=1S/C14H21Br2NS/c1-3-8-17-12(14(2)6-4-5-7-14)11-9-10(15)13(16)18-11/h9,12,17H,3-8H2,1-2H3. The number of hydrogen-bond acceptors (Lipinski definition) is 2. The van der Waals surface area contributed by atoms with Crippen LogP contribution in [0.15, 0.2) is 14.3 Å². The second-order valence-electron chi connectivity index (χ2n) is 5.52. The van der Waals surface area contributed by atoms with Gasteiger partial charge in [0.2, 0.25) is 0 Å². The average Bonchev–Trinajstić information content (AvgIpc) is 2.88. The van der Waals surface area contributed by atoms with Crippen LogP contribution in [0.2, 0.25) is 0 Å². The van der Waals surface area contributed by atoms with Gasteiger partial charge in [-0.3, -0.25) is 0 Å². The predicted molar refractivity (Wildman–Crippen MR) is 87.3 cm³/mol. The van der Waals surface area contributed by atoms with Crippen molar-refractivity contribution in [1.29, 1.82) is 0 Å². The number of hydrogen-bond donors (Lipinski definition) is 1. The minimum Gasteiger partial charge on any atom is -0.309 e. The van der Waals surface area contributed by atoms with Crippen molar-refractivity contribution in [2.45, 2.75) is 52.0 Å². The summed E-state index contributed by atoms with van der Waals surface area (Å²) < 4.78 is 2.40. The molecule has 1 fully saturated rings. The lowest BCUT2D eigenvalue weighted by molar-refractivity contribution is 0.227. The highest BCUT2D eigenvalue weighted by molar-refractivity contribution is 9.13. The Hall–Kier alpha value is 0.620. The molecule has 4 heteroatoms. The molecule has 0 saturated heterocycles. The third-order valence-electron chi connectivity index (χ3n) is 3.99. The van der Waals surface area contributed by atoms with E-state index in [9.17, 15) is 0 Å². The SMILES string of the molecule is CCCNC(c1cc(Br)c(Br)s1)C1(C)CCCC1. The lowest BCUT2D eigenvalue weighted by Crippen LogP contribution is -2.34. The van der Waals surface area contributed by atoms with Crippen molar-refractivity contribution in [3.05, 3.63) is 19.2 Å². The summed E-state index contributed by atoms with van der Waals surface area (Å²) in [7, 11) is 0. The molecule has 18 heavy (non-hydrogen) atoms. The van der Waals surface area contributed by atoms with Gasteiger partial charge < -0.3 is 5.32 Å². The maximum Gasteiger partial charge on any atom is 0.0843 e. The smallest absolute Gasteiger partial charge is 0.0843 e.